The Kier molecular flexibility index (Phi) is 5.29. The Morgan fingerprint density at radius 1 is 1.45 bits per heavy atom. The van der Waals surface area contributed by atoms with Crippen molar-refractivity contribution in [3.05, 3.63) is 34.3 Å². The first-order chi connectivity index (χ1) is 10.2. The highest BCUT2D eigenvalue weighted by molar-refractivity contribution is 9.10. The Bertz CT molecular complexity index is 657. The van der Waals surface area contributed by atoms with Crippen LogP contribution in [0.5, 0.6) is 0 Å². The molecule has 122 valence electrons. The Hall–Kier alpha value is -0.920. The minimum Gasteiger partial charge on any atom is -0.354 e. The van der Waals surface area contributed by atoms with Crippen LogP contribution in [0.25, 0.3) is 0 Å². The summed E-state index contributed by atoms with van der Waals surface area (Å²) in [5.74, 6) is -0.358. The van der Waals surface area contributed by atoms with Gasteiger partial charge in [-0.25, -0.2) is 8.42 Å². The summed E-state index contributed by atoms with van der Waals surface area (Å²) in [6, 6.07) is 7.31. The molecule has 0 saturated heterocycles. The van der Waals surface area contributed by atoms with E-state index in [1.54, 1.807) is 0 Å². The topological polar surface area (TPSA) is 89.3 Å². The lowest BCUT2D eigenvalue weighted by Crippen LogP contribution is -2.44. The van der Waals surface area contributed by atoms with Gasteiger partial charge in [0.2, 0.25) is 5.91 Å². The summed E-state index contributed by atoms with van der Waals surface area (Å²) in [5.41, 5.74) is 6.95. The molecule has 3 N–H and O–H groups in total. The predicted octanol–water partition coefficient (Wildman–Crippen LogP) is 1.36. The Morgan fingerprint density at radius 2 is 2.14 bits per heavy atom. The number of nitrogens with two attached hydrogens (primary N) is 1. The normalized spacial score (nSPS) is 17.8. The first-order valence-corrected chi connectivity index (χ1v) is 10.0. The fraction of sp³-hybridized carbons (Fsp3) is 0.533. The third-order valence-corrected chi connectivity index (χ3v) is 5.50. The van der Waals surface area contributed by atoms with Crippen molar-refractivity contribution >= 4 is 31.7 Å². The third kappa shape index (κ3) is 4.79. The van der Waals surface area contributed by atoms with Crippen LogP contribution in [-0.2, 0) is 20.0 Å². The summed E-state index contributed by atoms with van der Waals surface area (Å²) in [5, 5.41) is 2.87. The van der Waals surface area contributed by atoms with Crippen molar-refractivity contribution in [3.8, 4) is 0 Å². The first-order valence-electron chi connectivity index (χ1n) is 7.19. The van der Waals surface area contributed by atoms with Crippen LogP contribution in [0.4, 0.5) is 0 Å². The van der Waals surface area contributed by atoms with Gasteiger partial charge in [0.1, 0.15) is 9.84 Å². The molecule has 5 nitrogen and oxygen atoms in total. The predicted molar refractivity (Wildman–Crippen MR) is 90.4 cm³/mol. The lowest BCUT2D eigenvalue weighted by atomic mass is 9.96. The molecule has 7 heteroatoms. The van der Waals surface area contributed by atoms with E-state index in [1.807, 2.05) is 12.1 Å². The summed E-state index contributed by atoms with van der Waals surface area (Å²) >= 11 is 3.46. The number of nitrogens with one attached hydrogen (secondary N) is 1. The molecule has 2 rings (SSSR count). The lowest BCUT2D eigenvalue weighted by Gasteiger charge is -2.19. The summed E-state index contributed by atoms with van der Waals surface area (Å²) in [7, 11) is -3.10. The number of rotatable bonds is 7. The minimum atomic E-state index is -3.10. The molecular weight excluding hydrogens is 368 g/mol. The monoisotopic (exact) mass is 388 g/mol. The highest BCUT2D eigenvalue weighted by atomic mass is 79.9. The summed E-state index contributed by atoms with van der Waals surface area (Å²) in [6.07, 6.45) is 3.35. The van der Waals surface area contributed by atoms with Crippen LogP contribution in [-0.4, -0.2) is 38.9 Å². The fourth-order valence-electron chi connectivity index (χ4n) is 2.40. The van der Waals surface area contributed by atoms with Crippen molar-refractivity contribution in [1.82, 2.24) is 5.32 Å². The van der Waals surface area contributed by atoms with E-state index < -0.39 is 15.9 Å². The molecule has 22 heavy (non-hydrogen) atoms. The average molecular weight is 389 g/mol. The Labute approximate surface area is 139 Å². The highest BCUT2D eigenvalue weighted by Crippen LogP contribution is 2.48. The number of carbonyl (C=O) groups excluding carboxylic acids is 1. The van der Waals surface area contributed by atoms with E-state index in [0.29, 0.717) is 6.54 Å². The van der Waals surface area contributed by atoms with Gasteiger partial charge in [-0.1, -0.05) is 28.1 Å². The van der Waals surface area contributed by atoms with Crippen LogP contribution in [0, 0.1) is 0 Å². The van der Waals surface area contributed by atoms with E-state index in [0.717, 1.165) is 23.6 Å². The van der Waals surface area contributed by atoms with Gasteiger partial charge in [0.05, 0.1) is 11.8 Å². The SMILES string of the molecule is CS(=O)(=O)CCC(N)C(=O)NCC1(c2cccc(Br)c2)CC1. The molecule has 1 aromatic rings. The van der Waals surface area contributed by atoms with Crippen molar-refractivity contribution in [3.63, 3.8) is 0 Å². The molecule has 1 unspecified atom stereocenters. The van der Waals surface area contributed by atoms with Crippen LogP contribution in [0.3, 0.4) is 0 Å². The second-order valence-corrected chi connectivity index (χ2v) is 9.21. The quantitative estimate of drug-likeness (QED) is 0.737. The van der Waals surface area contributed by atoms with Gasteiger partial charge in [0.25, 0.3) is 0 Å². The number of benzene rings is 1. The van der Waals surface area contributed by atoms with Crippen molar-refractivity contribution in [2.75, 3.05) is 18.6 Å². The zero-order valence-electron chi connectivity index (χ0n) is 12.5. The van der Waals surface area contributed by atoms with Crippen LogP contribution < -0.4 is 11.1 Å². The third-order valence-electron chi connectivity index (χ3n) is 4.03. The van der Waals surface area contributed by atoms with Gasteiger partial charge in [-0.3, -0.25) is 4.79 Å². The van der Waals surface area contributed by atoms with Gasteiger partial charge in [-0.05, 0) is 37.0 Å². The highest BCUT2D eigenvalue weighted by Gasteiger charge is 2.44. The van der Waals surface area contributed by atoms with Crippen molar-refractivity contribution in [2.45, 2.75) is 30.7 Å². The van der Waals surface area contributed by atoms with Crippen LogP contribution in [0.1, 0.15) is 24.8 Å². The van der Waals surface area contributed by atoms with Gasteiger partial charge in [-0.2, -0.15) is 0 Å². The molecule has 0 heterocycles. The lowest BCUT2D eigenvalue weighted by molar-refractivity contribution is -0.122. The molecule has 0 radical (unpaired) electrons. The Balaban J connectivity index is 1.88. The van der Waals surface area contributed by atoms with Gasteiger partial charge in [-0.15, -0.1) is 0 Å². The molecule has 0 bridgehead atoms. The van der Waals surface area contributed by atoms with E-state index in [4.69, 9.17) is 5.73 Å². The summed E-state index contributed by atoms with van der Waals surface area (Å²) in [4.78, 5) is 12.0. The zero-order chi connectivity index (χ0) is 16.4. The van der Waals surface area contributed by atoms with Gasteiger partial charge in [0, 0.05) is 22.7 Å². The molecule has 0 aliphatic heterocycles. The number of amides is 1. The van der Waals surface area contributed by atoms with Crippen molar-refractivity contribution < 1.29 is 13.2 Å². The summed E-state index contributed by atoms with van der Waals surface area (Å²) < 4.78 is 23.2. The molecule has 1 aliphatic carbocycles. The molecule has 1 aromatic carbocycles. The maximum Gasteiger partial charge on any atom is 0.236 e. The van der Waals surface area contributed by atoms with Gasteiger partial charge >= 0.3 is 0 Å². The maximum absolute atomic E-state index is 12.0. The van der Waals surface area contributed by atoms with E-state index in [1.165, 1.54) is 5.56 Å². The van der Waals surface area contributed by atoms with Crippen molar-refractivity contribution in [1.29, 1.82) is 0 Å². The van der Waals surface area contributed by atoms with Gasteiger partial charge < -0.3 is 11.1 Å². The molecule has 0 spiro atoms. The second kappa shape index (κ2) is 6.68. The molecule has 1 saturated carbocycles. The molecule has 1 atom stereocenters. The van der Waals surface area contributed by atoms with E-state index in [-0.39, 0.29) is 23.5 Å². The zero-order valence-corrected chi connectivity index (χ0v) is 14.9. The smallest absolute Gasteiger partial charge is 0.236 e. The van der Waals surface area contributed by atoms with Crippen molar-refractivity contribution in [2.24, 2.45) is 5.73 Å². The fourth-order valence-corrected chi connectivity index (χ4v) is 3.48. The second-order valence-electron chi connectivity index (χ2n) is 6.03. The minimum absolute atomic E-state index is 0.00398. The van der Waals surface area contributed by atoms with Gasteiger partial charge in [0.15, 0.2) is 0 Å². The summed E-state index contributed by atoms with van der Waals surface area (Å²) in [6.45, 7) is 0.537. The maximum atomic E-state index is 12.0. The number of carbonyl (C=O) groups is 1. The van der Waals surface area contributed by atoms with E-state index in [9.17, 15) is 13.2 Å². The largest absolute Gasteiger partial charge is 0.354 e. The average Bonchev–Trinajstić information content (AvgIpc) is 3.22. The van der Waals surface area contributed by atoms with Crippen LogP contribution in [0.2, 0.25) is 0 Å². The van der Waals surface area contributed by atoms with Crippen LogP contribution >= 0.6 is 15.9 Å². The standard InChI is InChI=1S/C15H21BrN2O3S/c1-22(20,21)8-5-13(17)14(19)18-10-15(6-7-15)11-3-2-4-12(16)9-11/h2-4,9,13H,5-8,10,17H2,1H3,(H,18,19). The Morgan fingerprint density at radius 3 is 2.68 bits per heavy atom. The molecule has 0 aromatic heterocycles. The number of sulfone groups is 1. The number of hydrogen-bond acceptors (Lipinski definition) is 4. The van der Waals surface area contributed by atoms with E-state index in [2.05, 4.69) is 33.4 Å². The molecular formula is C15H21BrN2O3S. The first kappa shape index (κ1) is 17.4. The molecule has 1 amide bonds. The number of hydrogen-bond donors (Lipinski definition) is 2. The number of halogens is 1. The molecule has 1 fully saturated rings. The van der Waals surface area contributed by atoms with E-state index >= 15 is 0 Å². The van der Waals surface area contributed by atoms with Crippen LogP contribution in [0.15, 0.2) is 28.7 Å². The molecule has 1 aliphatic rings.